The third-order valence-corrected chi connectivity index (χ3v) is 11.5. The van der Waals surface area contributed by atoms with Gasteiger partial charge in [0.2, 0.25) is 5.11 Å². The Bertz CT molecular complexity index is 2370. The molecular weight excluding hydrogens is 776 g/mol. The van der Waals surface area contributed by atoms with Gasteiger partial charge in [-0.25, -0.2) is 9.00 Å². The van der Waals surface area contributed by atoms with Crippen LogP contribution >= 0.6 is 0 Å². The number of carbonyl (C=O) groups excluding carboxylic acids is 1. The smallest absolute Gasteiger partial charge is 0.417 e. The third kappa shape index (κ3) is 8.42. The number of halogens is 3. The highest BCUT2D eigenvalue weighted by Gasteiger charge is 2.51. The molecule has 18 heteroatoms. The first kappa shape index (κ1) is 40.4. The molecule has 4 aromatic rings. The van der Waals surface area contributed by atoms with E-state index in [9.17, 15) is 37.0 Å². The summed E-state index contributed by atoms with van der Waals surface area (Å²) in [5, 5.41) is 9.10. The van der Waals surface area contributed by atoms with E-state index < -0.39 is 40.0 Å². The number of nitrogens with zero attached hydrogens (tertiary/aromatic N) is 8. The number of piperidine rings is 1. The van der Waals surface area contributed by atoms with Crippen molar-refractivity contribution < 1.29 is 26.9 Å². The van der Waals surface area contributed by atoms with Gasteiger partial charge in [-0.05, 0) is 81.1 Å². The van der Waals surface area contributed by atoms with Crippen molar-refractivity contribution in [1.82, 2.24) is 24.3 Å². The first-order valence-electron chi connectivity index (χ1n) is 18.9. The molecule has 0 atom stereocenters. The Hall–Kier alpha value is -5.77. The number of hydrogen-bond donors (Lipinski definition) is 1. The van der Waals surface area contributed by atoms with Crippen LogP contribution < -0.4 is 30.7 Å². The number of alkyl halides is 3. The number of carbonyl (C=O) groups is 1. The van der Waals surface area contributed by atoms with Crippen molar-refractivity contribution in [3.05, 3.63) is 105 Å². The molecule has 1 N–H and O–H groups in total. The van der Waals surface area contributed by atoms with Crippen LogP contribution in [0.3, 0.4) is 0 Å². The molecule has 0 bridgehead atoms. The van der Waals surface area contributed by atoms with Gasteiger partial charge in [-0.15, -0.1) is 0 Å². The van der Waals surface area contributed by atoms with E-state index in [0.717, 1.165) is 87.9 Å². The van der Waals surface area contributed by atoms with Crippen LogP contribution in [-0.2, 0) is 22.2 Å². The van der Waals surface area contributed by atoms with E-state index in [-0.39, 0.29) is 22.1 Å². The van der Waals surface area contributed by atoms with Gasteiger partial charge in [0.1, 0.15) is 29.2 Å². The number of nitriles is 1. The molecule has 0 unspecified atom stereocenters. The molecule has 0 saturated carbocycles. The zero-order valence-electron chi connectivity index (χ0n) is 31.9. The normalized spacial score (nSPS) is 18.1. The predicted octanol–water partition coefficient (Wildman–Crippen LogP) is 3.66. The summed E-state index contributed by atoms with van der Waals surface area (Å²) in [6, 6.07) is 14.6. The summed E-state index contributed by atoms with van der Waals surface area (Å²) in [4.78, 5) is 53.6. The maximum Gasteiger partial charge on any atom is 0.417 e. The number of anilines is 3. The largest absolute Gasteiger partial charge is 0.492 e. The second-order valence-electron chi connectivity index (χ2n) is 15.0. The van der Waals surface area contributed by atoms with Crippen LogP contribution in [0, 0.1) is 17.2 Å². The lowest BCUT2D eigenvalue weighted by Crippen LogP contribution is -2.49. The van der Waals surface area contributed by atoms with Crippen LogP contribution in [-0.4, -0.2) is 104 Å². The van der Waals surface area contributed by atoms with E-state index >= 15 is 0 Å². The number of benzene rings is 2. The molecule has 7 rings (SSSR count). The van der Waals surface area contributed by atoms with Crippen molar-refractivity contribution in [1.29, 1.82) is 5.26 Å². The lowest BCUT2D eigenvalue weighted by Gasteiger charge is -2.39. The van der Waals surface area contributed by atoms with Crippen molar-refractivity contribution in [2.45, 2.75) is 38.4 Å². The van der Waals surface area contributed by atoms with E-state index in [1.165, 1.54) is 33.9 Å². The maximum atomic E-state index is 13.7. The number of piperazine rings is 1. The molecular formula is C40H42F3N9O5S. The molecule has 1 amide bonds. The Morgan fingerprint density at radius 3 is 2.22 bits per heavy atom. The summed E-state index contributed by atoms with van der Waals surface area (Å²) in [6.07, 6.45) is 2.13. The number of nitrogens with one attached hydrogen (secondary N) is 1. The molecule has 5 heterocycles. The van der Waals surface area contributed by atoms with Crippen LogP contribution in [0.25, 0.3) is 5.69 Å². The van der Waals surface area contributed by atoms with E-state index in [0.29, 0.717) is 29.6 Å². The molecule has 58 heavy (non-hydrogen) atoms. The second-order valence-corrected chi connectivity index (χ2v) is 15.6. The highest BCUT2D eigenvalue weighted by atomic mass is 32.1. The van der Waals surface area contributed by atoms with Crippen LogP contribution in [0.5, 0.6) is 5.75 Å². The minimum absolute atomic E-state index is 0.00148. The maximum absolute atomic E-state index is 13.7. The molecule has 2 aromatic heterocycles. The minimum atomic E-state index is -4.83. The highest BCUT2D eigenvalue weighted by Crippen LogP contribution is 2.39. The number of hydrogen-bond acceptors (Lipinski definition) is 10. The quantitative estimate of drug-likeness (QED) is 0.234. The highest BCUT2D eigenvalue weighted by molar-refractivity contribution is 7.67. The van der Waals surface area contributed by atoms with Crippen molar-refractivity contribution in [3.63, 3.8) is 0 Å². The topological polar surface area (TPSA) is 151 Å². The standard InChI is InChI=1S/C40H42F3N9O5S/c1-39(2)36(54)51(30-4-3-28(23-44)34(22-30)40(41,42)43)38(58-56)52(39)29-5-7-33(8-6-29)57-20-19-47-15-17-48(18-16-47)26-27-9-12-49(13-10-27)31-21-32(25-45-24-31)50-14-11-35(53)46-37(50)55/h3-8,11,14,21-22,24-25,27H,9-10,12-13,15-20,26H2,1-2H3,(H,46,53,55). The average molecular weight is 818 g/mol. The molecule has 3 aliphatic heterocycles. The lowest BCUT2D eigenvalue weighted by atomic mass is 9.95. The number of pyridine rings is 1. The van der Waals surface area contributed by atoms with Crippen LogP contribution in [0.15, 0.2) is 82.8 Å². The Kier molecular flexibility index (Phi) is 11.6. The third-order valence-electron chi connectivity index (χ3n) is 11.0. The summed E-state index contributed by atoms with van der Waals surface area (Å²) in [7, 11) is 0. The van der Waals surface area contributed by atoms with E-state index in [1.807, 2.05) is 6.07 Å². The van der Waals surface area contributed by atoms with Crippen LogP contribution in [0.1, 0.15) is 37.8 Å². The molecule has 0 radical (unpaired) electrons. The summed E-state index contributed by atoms with van der Waals surface area (Å²) >= 11 is 0.00148. The molecule has 3 aliphatic rings. The number of aromatic amines is 1. The first-order chi connectivity index (χ1) is 27.8. The van der Waals surface area contributed by atoms with Gasteiger partial charge in [0, 0.05) is 70.3 Å². The van der Waals surface area contributed by atoms with Gasteiger partial charge in [0.05, 0.1) is 46.7 Å². The van der Waals surface area contributed by atoms with Crippen LogP contribution in [0.2, 0.25) is 0 Å². The Morgan fingerprint density at radius 2 is 1.57 bits per heavy atom. The second kappa shape index (κ2) is 16.6. The van der Waals surface area contributed by atoms with Crippen LogP contribution in [0.4, 0.5) is 30.2 Å². The van der Waals surface area contributed by atoms with Crippen molar-refractivity contribution in [2.75, 3.05) is 73.7 Å². The predicted molar refractivity (Wildman–Crippen MR) is 214 cm³/mol. The molecule has 0 spiro atoms. The van der Waals surface area contributed by atoms with E-state index in [4.69, 9.17) is 4.74 Å². The zero-order valence-corrected chi connectivity index (χ0v) is 32.8. The van der Waals surface area contributed by atoms with Gasteiger partial charge in [0.15, 0.2) is 0 Å². The number of aromatic nitrogens is 3. The van der Waals surface area contributed by atoms with E-state index in [2.05, 4.69) is 24.7 Å². The van der Waals surface area contributed by atoms with E-state index in [1.54, 1.807) is 50.5 Å². The number of amides is 1. The number of H-pyrrole nitrogens is 1. The molecule has 0 aliphatic carbocycles. The molecule has 304 valence electrons. The van der Waals surface area contributed by atoms with Gasteiger partial charge in [0.25, 0.3) is 11.5 Å². The van der Waals surface area contributed by atoms with Crippen molar-refractivity contribution in [3.8, 4) is 17.5 Å². The monoisotopic (exact) mass is 817 g/mol. The van der Waals surface area contributed by atoms with Gasteiger partial charge in [-0.1, -0.05) is 0 Å². The summed E-state index contributed by atoms with van der Waals surface area (Å²) < 4.78 is 61.1. The fraction of sp³-hybridized carbons (Fsp3) is 0.400. The first-order valence-corrected chi connectivity index (χ1v) is 19.6. The Labute approximate surface area is 335 Å². The average Bonchev–Trinajstić information content (AvgIpc) is 3.42. The molecule has 14 nitrogen and oxygen atoms in total. The van der Waals surface area contributed by atoms with Crippen molar-refractivity contribution in [2.24, 2.45) is 5.92 Å². The summed E-state index contributed by atoms with van der Waals surface area (Å²) in [5.74, 6) is 0.592. The molecule has 3 fully saturated rings. The Morgan fingerprint density at radius 1 is 0.897 bits per heavy atom. The number of ether oxygens (including phenoxy) is 1. The lowest BCUT2D eigenvalue weighted by molar-refractivity contribution is -0.137. The minimum Gasteiger partial charge on any atom is -0.492 e. The molecule has 3 saturated heterocycles. The Balaban J connectivity index is 0.872. The zero-order chi connectivity index (χ0) is 41.2. The SMILES string of the molecule is CC1(C)C(=O)N(c2ccc(C#N)c(C(F)(F)F)c2)C(=S=O)N1c1ccc(OCCN2CCN(CC3CCN(c4cncc(-n5ccc(=O)[nH]c5=O)c4)CC3)CC2)cc1. The van der Waals surface area contributed by atoms with Gasteiger partial charge in [-0.2, -0.15) is 18.4 Å². The van der Waals surface area contributed by atoms with Crippen molar-refractivity contribution >= 4 is 39.3 Å². The summed E-state index contributed by atoms with van der Waals surface area (Å²) in [5.41, 5.74) is -2.14. The van der Waals surface area contributed by atoms with Gasteiger partial charge >= 0.3 is 11.9 Å². The number of rotatable bonds is 10. The summed E-state index contributed by atoms with van der Waals surface area (Å²) in [6.45, 7) is 11.0. The van der Waals surface area contributed by atoms with Gasteiger partial charge < -0.3 is 19.4 Å². The van der Waals surface area contributed by atoms with Gasteiger partial charge in [-0.3, -0.25) is 33.9 Å². The fourth-order valence-electron chi connectivity index (χ4n) is 7.79. The fourth-order valence-corrected chi connectivity index (χ4v) is 8.46. The molecule has 2 aromatic carbocycles.